The van der Waals surface area contributed by atoms with Crippen molar-refractivity contribution in [3.8, 4) is 11.3 Å². The fourth-order valence-electron chi connectivity index (χ4n) is 3.50. The van der Waals surface area contributed by atoms with Crippen LogP contribution in [-0.4, -0.2) is 45.6 Å². The number of benzene rings is 1. The Morgan fingerprint density at radius 3 is 3.07 bits per heavy atom. The Morgan fingerprint density at radius 1 is 1.27 bits per heavy atom. The number of amides is 1. The van der Waals surface area contributed by atoms with Crippen LogP contribution in [-0.2, 0) is 16.1 Å². The maximum Gasteiger partial charge on any atom is 0.410 e. The molecule has 0 spiro atoms. The number of carbonyl (C=O) groups excluding carboxylic acids is 1. The number of thiazole rings is 1. The van der Waals surface area contributed by atoms with E-state index in [-0.39, 0.29) is 18.8 Å². The van der Waals surface area contributed by atoms with Gasteiger partial charge in [0.15, 0.2) is 0 Å². The van der Waals surface area contributed by atoms with Crippen molar-refractivity contribution in [1.82, 2.24) is 19.9 Å². The molecule has 1 aliphatic heterocycles. The van der Waals surface area contributed by atoms with Gasteiger partial charge in [0.1, 0.15) is 23.4 Å². The largest absolute Gasteiger partial charge is 0.445 e. The molecular formula is C22H20N4O3S. The first-order valence-electron chi connectivity index (χ1n) is 9.73. The Kier molecular flexibility index (Phi) is 5.17. The molecule has 1 N–H and O–H groups in total. The van der Waals surface area contributed by atoms with Gasteiger partial charge < -0.3 is 19.4 Å². The van der Waals surface area contributed by atoms with Crippen molar-refractivity contribution >= 4 is 28.5 Å². The van der Waals surface area contributed by atoms with E-state index in [0.29, 0.717) is 19.7 Å². The standard InChI is InChI=1S/C22H20N4O3S/c27-22(29-13-15-5-2-1-3-6-15)26-9-10-28-19(12-26)21-25-18(14-30-21)17-11-24-20-16(17)7-4-8-23-20/h1-8,11,14,19H,9-10,12-13H2,(H,23,24). The van der Waals surface area contributed by atoms with Crippen LogP contribution in [0.25, 0.3) is 22.3 Å². The number of hydrogen-bond donors (Lipinski definition) is 1. The number of aromatic amines is 1. The van der Waals surface area contributed by atoms with Gasteiger partial charge in [0.25, 0.3) is 0 Å². The van der Waals surface area contributed by atoms with Gasteiger partial charge in [0, 0.05) is 35.3 Å². The lowest BCUT2D eigenvalue weighted by Gasteiger charge is -2.31. The molecule has 1 fully saturated rings. The summed E-state index contributed by atoms with van der Waals surface area (Å²) < 4.78 is 11.4. The number of nitrogens with one attached hydrogen (secondary N) is 1. The van der Waals surface area contributed by atoms with E-state index in [4.69, 9.17) is 14.5 Å². The van der Waals surface area contributed by atoms with E-state index < -0.39 is 0 Å². The number of carbonyl (C=O) groups is 1. The van der Waals surface area contributed by atoms with Gasteiger partial charge >= 0.3 is 6.09 Å². The molecule has 30 heavy (non-hydrogen) atoms. The minimum Gasteiger partial charge on any atom is -0.445 e. The van der Waals surface area contributed by atoms with Gasteiger partial charge in [-0.05, 0) is 17.7 Å². The first-order valence-corrected chi connectivity index (χ1v) is 10.6. The molecule has 0 aliphatic carbocycles. The maximum absolute atomic E-state index is 12.5. The summed E-state index contributed by atoms with van der Waals surface area (Å²) in [6.07, 6.45) is 3.10. The molecule has 8 heteroatoms. The van der Waals surface area contributed by atoms with E-state index in [0.717, 1.165) is 32.9 Å². The van der Waals surface area contributed by atoms with Crippen molar-refractivity contribution in [3.05, 3.63) is 70.8 Å². The first-order chi connectivity index (χ1) is 14.8. The van der Waals surface area contributed by atoms with Crippen molar-refractivity contribution in [1.29, 1.82) is 0 Å². The van der Waals surface area contributed by atoms with Crippen molar-refractivity contribution in [2.45, 2.75) is 12.7 Å². The average molecular weight is 420 g/mol. The highest BCUT2D eigenvalue weighted by molar-refractivity contribution is 7.10. The molecule has 4 heterocycles. The Bertz CT molecular complexity index is 1160. The third-order valence-electron chi connectivity index (χ3n) is 5.05. The number of nitrogens with zero attached hydrogens (tertiary/aromatic N) is 3. The number of rotatable bonds is 4. The Hall–Kier alpha value is -3.23. The maximum atomic E-state index is 12.5. The average Bonchev–Trinajstić information content (AvgIpc) is 3.45. The lowest BCUT2D eigenvalue weighted by Crippen LogP contribution is -2.42. The zero-order valence-electron chi connectivity index (χ0n) is 16.2. The van der Waals surface area contributed by atoms with Gasteiger partial charge in [-0.15, -0.1) is 11.3 Å². The number of ether oxygens (including phenoxy) is 2. The zero-order chi connectivity index (χ0) is 20.3. The second-order valence-electron chi connectivity index (χ2n) is 7.02. The van der Waals surface area contributed by atoms with Gasteiger partial charge in [-0.3, -0.25) is 0 Å². The number of hydrogen-bond acceptors (Lipinski definition) is 6. The number of morpholine rings is 1. The summed E-state index contributed by atoms with van der Waals surface area (Å²) >= 11 is 1.54. The molecule has 1 saturated heterocycles. The summed E-state index contributed by atoms with van der Waals surface area (Å²) in [5, 5.41) is 3.90. The van der Waals surface area contributed by atoms with Crippen LogP contribution in [0.4, 0.5) is 4.79 Å². The number of pyridine rings is 1. The van der Waals surface area contributed by atoms with E-state index in [1.54, 1.807) is 11.1 Å². The molecule has 5 rings (SSSR count). The van der Waals surface area contributed by atoms with Crippen molar-refractivity contribution < 1.29 is 14.3 Å². The minimum absolute atomic E-state index is 0.259. The fraction of sp³-hybridized carbons (Fsp3) is 0.227. The highest BCUT2D eigenvalue weighted by Gasteiger charge is 2.28. The predicted octanol–water partition coefficient (Wildman–Crippen LogP) is 4.40. The van der Waals surface area contributed by atoms with Crippen LogP contribution < -0.4 is 0 Å². The van der Waals surface area contributed by atoms with Crippen molar-refractivity contribution in [2.24, 2.45) is 0 Å². The van der Waals surface area contributed by atoms with E-state index in [1.807, 2.05) is 54.0 Å². The van der Waals surface area contributed by atoms with Crippen LogP contribution in [0, 0.1) is 0 Å². The Labute approximate surface area is 177 Å². The lowest BCUT2D eigenvalue weighted by molar-refractivity contribution is -0.0296. The van der Waals surface area contributed by atoms with Crippen LogP contribution in [0.2, 0.25) is 0 Å². The fourth-order valence-corrected chi connectivity index (χ4v) is 4.36. The SMILES string of the molecule is O=C(OCc1ccccc1)N1CCOC(c2nc(-c3c[nH]c4ncccc34)cs2)C1. The van der Waals surface area contributed by atoms with Crippen LogP contribution in [0.1, 0.15) is 16.7 Å². The van der Waals surface area contributed by atoms with Gasteiger partial charge in [0.05, 0.1) is 18.8 Å². The minimum atomic E-state index is -0.327. The molecule has 4 aromatic rings. The summed E-state index contributed by atoms with van der Waals surface area (Å²) in [6.45, 7) is 1.65. The smallest absolute Gasteiger partial charge is 0.410 e. The van der Waals surface area contributed by atoms with E-state index in [2.05, 4.69) is 9.97 Å². The Balaban J connectivity index is 1.27. The van der Waals surface area contributed by atoms with Crippen LogP contribution in [0.3, 0.4) is 0 Å². The quantitative estimate of drug-likeness (QED) is 0.529. The summed E-state index contributed by atoms with van der Waals surface area (Å²) in [6, 6.07) is 13.6. The van der Waals surface area contributed by atoms with E-state index >= 15 is 0 Å². The normalized spacial score (nSPS) is 16.7. The third kappa shape index (κ3) is 3.79. The van der Waals surface area contributed by atoms with Gasteiger partial charge in [-0.25, -0.2) is 14.8 Å². The van der Waals surface area contributed by atoms with E-state index in [1.165, 1.54) is 11.3 Å². The summed E-state index contributed by atoms with van der Waals surface area (Å²) in [5.74, 6) is 0. The second-order valence-corrected chi connectivity index (χ2v) is 7.91. The topological polar surface area (TPSA) is 80.3 Å². The summed E-state index contributed by atoms with van der Waals surface area (Å²) in [5.41, 5.74) is 3.69. The molecule has 0 bridgehead atoms. The van der Waals surface area contributed by atoms with Crippen molar-refractivity contribution in [2.75, 3.05) is 19.7 Å². The number of fused-ring (bicyclic) bond motifs is 1. The molecule has 3 aromatic heterocycles. The molecule has 7 nitrogen and oxygen atoms in total. The van der Waals surface area contributed by atoms with Crippen LogP contribution in [0.15, 0.2) is 60.2 Å². The van der Waals surface area contributed by atoms with Crippen LogP contribution >= 0.6 is 11.3 Å². The lowest BCUT2D eigenvalue weighted by atomic mass is 10.2. The molecule has 0 radical (unpaired) electrons. The predicted molar refractivity (Wildman–Crippen MR) is 114 cm³/mol. The zero-order valence-corrected chi connectivity index (χ0v) is 17.0. The van der Waals surface area contributed by atoms with E-state index in [9.17, 15) is 4.79 Å². The molecule has 1 amide bonds. The van der Waals surface area contributed by atoms with Gasteiger partial charge in [0.2, 0.25) is 0 Å². The molecule has 152 valence electrons. The monoisotopic (exact) mass is 420 g/mol. The summed E-state index contributed by atoms with van der Waals surface area (Å²) in [4.78, 5) is 26.5. The van der Waals surface area contributed by atoms with Gasteiger partial charge in [-0.1, -0.05) is 30.3 Å². The summed E-state index contributed by atoms with van der Waals surface area (Å²) in [7, 11) is 0. The molecule has 1 atom stereocenters. The molecule has 1 aromatic carbocycles. The third-order valence-corrected chi connectivity index (χ3v) is 5.99. The first kappa shape index (κ1) is 18.8. The number of aromatic nitrogens is 3. The Morgan fingerprint density at radius 2 is 2.17 bits per heavy atom. The van der Waals surface area contributed by atoms with Crippen molar-refractivity contribution in [3.63, 3.8) is 0 Å². The highest BCUT2D eigenvalue weighted by Crippen LogP contribution is 2.32. The molecule has 1 unspecified atom stereocenters. The molecular weight excluding hydrogens is 400 g/mol. The second kappa shape index (κ2) is 8.25. The van der Waals surface area contributed by atoms with Crippen LogP contribution in [0.5, 0.6) is 0 Å². The van der Waals surface area contributed by atoms with Gasteiger partial charge in [-0.2, -0.15) is 0 Å². The highest BCUT2D eigenvalue weighted by atomic mass is 32.1. The molecule has 0 saturated carbocycles. The molecule has 1 aliphatic rings. The number of H-pyrrole nitrogens is 1.